The van der Waals surface area contributed by atoms with Crippen LogP contribution in [-0.4, -0.2) is 26.2 Å². The van der Waals surface area contributed by atoms with Crippen molar-refractivity contribution < 1.29 is 19.1 Å². The number of carbonyl (C=O) groups is 2. The molecular formula is C22H36O4S. The normalized spacial score (nSPS) is 10.7. The average molecular weight is 397 g/mol. The van der Waals surface area contributed by atoms with Gasteiger partial charge in [0.25, 0.3) is 0 Å². The average Bonchev–Trinajstić information content (AvgIpc) is 3.13. The molecule has 0 aromatic carbocycles. The van der Waals surface area contributed by atoms with Crippen molar-refractivity contribution in [3.8, 4) is 0 Å². The van der Waals surface area contributed by atoms with Gasteiger partial charge >= 0.3 is 11.9 Å². The summed E-state index contributed by atoms with van der Waals surface area (Å²) in [6.45, 7) is 0. The summed E-state index contributed by atoms with van der Waals surface area (Å²) in [4.78, 5) is 25.0. The minimum absolute atomic E-state index is 0.0951. The van der Waals surface area contributed by atoms with E-state index in [2.05, 4.69) is 21.6 Å². The summed E-state index contributed by atoms with van der Waals surface area (Å²) in [5.74, 6) is -0.190. The summed E-state index contributed by atoms with van der Waals surface area (Å²) in [5.41, 5.74) is 0. The van der Waals surface area contributed by atoms with E-state index < -0.39 is 0 Å². The quantitative estimate of drug-likeness (QED) is 0.259. The summed E-state index contributed by atoms with van der Waals surface area (Å²) in [7, 11) is 2.90. The number of aryl methyl sites for hydroxylation is 2. The first-order valence-corrected chi connectivity index (χ1v) is 11.2. The standard InChI is InChI=1S/C22H36O4S/c1-25-21(23)15-11-7-3-5-9-13-19-17-18-20(27-19)14-10-6-4-8-12-16-22(24)26-2/h17-18H,3-16H2,1-2H3. The van der Waals surface area contributed by atoms with Crippen LogP contribution in [-0.2, 0) is 31.9 Å². The molecular weight excluding hydrogens is 360 g/mol. The van der Waals surface area contributed by atoms with Gasteiger partial charge in [-0.3, -0.25) is 9.59 Å². The lowest BCUT2D eigenvalue weighted by Gasteiger charge is -2.01. The van der Waals surface area contributed by atoms with Crippen molar-refractivity contribution in [2.24, 2.45) is 0 Å². The molecule has 27 heavy (non-hydrogen) atoms. The van der Waals surface area contributed by atoms with Crippen molar-refractivity contribution in [3.05, 3.63) is 21.9 Å². The lowest BCUT2D eigenvalue weighted by molar-refractivity contribution is -0.141. The number of hydrogen-bond donors (Lipinski definition) is 0. The topological polar surface area (TPSA) is 52.6 Å². The number of methoxy groups -OCH3 is 2. The van der Waals surface area contributed by atoms with Gasteiger partial charge < -0.3 is 9.47 Å². The Morgan fingerprint density at radius 3 is 1.44 bits per heavy atom. The third-order valence-electron chi connectivity index (χ3n) is 4.78. The number of ether oxygens (including phenoxy) is 2. The van der Waals surface area contributed by atoms with Crippen molar-refractivity contribution in [1.82, 2.24) is 0 Å². The van der Waals surface area contributed by atoms with E-state index in [-0.39, 0.29) is 11.9 Å². The van der Waals surface area contributed by atoms with Crippen LogP contribution in [0.15, 0.2) is 12.1 Å². The fourth-order valence-corrected chi connectivity index (χ4v) is 4.19. The molecule has 1 aromatic heterocycles. The maximum Gasteiger partial charge on any atom is 0.305 e. The molecule has 0 aliphatic heterocycles. The number of rotatable bonds is 16. The number of hydrogen-bond acceptors (Lipinski definition) is 5. The molecule has 1 heterocycles. The zero-order chi connectivity index (χ0) is 19.7. The number of thiophene rings is 1. The fourth-order valence-electron chi connectivity index (χ4n) is 3.09. The third-order valence-corrected chi connectivity index (χ3v) is 5.99. The van der Waals surface area contributed by atoms with Crippen LogP contribution >= 0.6 is 11.3 Å². The van der Waals surface area contributed by atoms with Crippen LogP contribution in [0.1, 0.15) is 86.8 Å². The van der Waals surface area contributed by atoms with E-state index >= 15 is 0 Å². The second kappa shape index (κ2) is 15.7. The Balaban J connectivity index is 1.97. The summed E-state index contributed by atoms with van der Waals surface area (Å²) < 4.78 is 9.30. The number of esters is 2. The van der Waals surface area contributed by atoms with Gasteiger partial charge in [0, 0.05) is 22.6 Å². The van der Waals surface area contributed by atoms with Gasteiger partial charge in [0.1, 0.15) is 0 Å². The Labute approximate surface area is 168 Å². The molecule has 0 N–H and O–H groups in total. The first-order chi connectivity index (χ1) is 13.2. The summed E-state index contributed by atoms with van der Waals surface area (Å²) >= 11 is 1.96. The Kier molecular flexibility index (Phi) is 13.7. The SMILES string of the molecule is COC(=O)CCCCCCCc1ccc(CCCCCCCC(=O)OC)s1. The van der Waals surface area contributed by atoms with Gasteiger partial charge in [-0.1, -0.05) is 38.5 Å². The molecule has 0 radical (unpaired) electrons. The van der Waals surface area contributed by atoms with Crippen LogP contribution in [0, 0.1) is 0 Å². The Morgan fingerprint density at radius 1 is 0.667 bits per heavy atom. The molecule has 0 saturated carbocycles. The molecule has 0 atom stereocenters. The highest BCUT2D eigenvalue weighted by Crippen LogP contribution is 2.21. The zero-order valence-electron chi connectivity index (χ0n) is 17.1. The van der Waals surface area contributed by atoms with E-state index in [0.29, 0.717) is 12.8 Å². The minimum Gasteiger partial charge on any atom is -0.469 e. The molecule has 0 fully saturated rings. The summed E-state index contributed by atoms with van der Waals surface area (Å²) in [6.07, 6.45) is 14.9. The summed E-state index contributed by atoms with van der Waals surface area (Å²) in [5, 5.41) is 0. The van der Waals surface area contributed by atoms with Crippen molar-refractivity contribution in [2.45, 2.75) is 89.9 Å². The van der Waals surface area contributed by atoms with Crippen LogP contribution in [0.2, 0.25) is 0 Å². The van der Waals surface area contributed by atoms with Crippen LogP contribution in [0.4, 0.5) is 0 Å². The maximum absolute atomic E-state index is 11.0. The highest BCUT2D eigenvalue weighted by molar-refractivity contribution is 7.11. The predicted octanol–water partition coefficient (Wildman–Crippen LogP) is 5.86. The zero-order valence-corrected chi connectivity index (χ0v) is 17.9. The molecule has 1 rings (SSSR count). The van der Waals surface area contributed by atoms with E-state index in [1.165, 1.54) is 75.3 Å². The second-order valence-corrected chi connectivity index (χ2v) is 8.31. The second-order valence-electron chi connectivity index (χ2n) is 7.06. The van der Waals surface area contributed by atoms with E-state index in [1.54, 1.807) is 0 Å². The predicted molar refractivity (Wildman–Crippen MR) is 111 cm³/mol. The Morgan fingerprint density at radius 2 is 1.04 bits per heavy atom. The van der Waals surface area contributed by atoms with Gasteiger partial charge in [-0.15, -0.1) is 11.3 Å². The molecule has 0 aliphatic rings. The molecule has 5 heteroatoms. The van der Waals surface area contributed by atoms with Crippen molar-refractivity contribution in [1.29, 1.82) is 0 Å². The molecule has 0 unspecified atom stereocenters. The van der Waals surface area contributed by atoms with Gasteiger partial charge in [-0.2, -0.15) is 0 Å². The fraction of sp³-hybridized carbons (Fsp3) is 0.727. The monoisotopic (exact) mass is 396 g/mol. The lowest BCUT2D eigenvalue weighted by atomic mass is 10.1. The Hall–Kier alpha value is -1.36. The smallest absolute Gasteiger partial charge is 0.305 e. The van der Waals surface area contributed by atoms with Gasteiger partial charge in [0.15, 0.2) is 0 Å². The lowest BCUT2D eigenvalue weighted by Crippen LogP contribution is -1.99. The van der Waals surface area contributed by atoms with Crippen LogP contribution < -0.4 is 0 Å². The third kappa shape index (κ3) is 12.6. The largest absolute Gasteiger partial charge is 0.469 e. The highest BCUT2D eigenvalue weighted by Gasteiger charge is 2.03. The van der Waals surface area contributed by atoms with Crippen molar-refractivity contribution in [2.75, 3.05) is 14.2 Å². The van der Waals surface area contributed by atoms with Crippen molar-refractivity contribution >= 4 is 23.3 Å². The van der Waals surface area contributed by atoms with E-state index in [9.17, 15) is 9.59 Å². The minimum atomic E-state index is -0.0951. The summed E-state index contributed by atoms with van der Waals surface area (Å²) in [6, 6.07) is 4.57. The van der Waals surface area contributed by atoms with E-state index in [0.717, 1.165) is 25.7 Å². The highest BCUT2D eigenvalue weighted by atomic mass is 32.1. The first kappa shape index (κ1) is 23.7. The molecule has 1 aromatic rings. The molecule has 0 amide bonds. The molecule has 4 nitrogen and oxygen atoms in total. The van der Waals surface area contributed by atoms with Gasteiger partial charge in [0.2, 0.25) is 0 Å². The molecule has 0 spiro atoms. The van der Waals surface area contributed by atoms with E-state index in [4.69, 9.17) is 0 Å². The molecule has 0 aliphatic carbocycles. The van der Waals surface area contributed by atoms with Gasteiger partial charge in [0.05, 0.1) is 14.2 Å². The van der Waals surface area contributed by atoms with Gasteiger partial charge in [-0.05, 0) is 50.7 Å². The molecule has 154 valence electrons. The van der Waals surface area contributed by atoms with Crippen LogP contribution in [0.5, 0.6) is 0 Å². The van der Waals surface area contributed by atoms with Gasteiger partial charge in [-0.25, -0.2) is 0 Å². The van der Waals surface area contributed by atoms with Crippen LogP contribution in [0.3, 0.4) is 0 Å². The molecule has 0 saturated heterocycles. The number of unbranched alkanes of at least 4 members (excludes halogenated alkanes) is 8. The van der Waals surface area contributed by atoms with Crippen LogP contribution in [0.25, 0.3) is 0 Å². The molecule has 0 bridgehead atoms. The maximum atomic E-state index is 11.0. The Bertz CT molecular complexity index is 480. The number of carbonyl (C=O) groups excluding carboxylic acids is 2. The van der Waals surface area contributed by atoms with E-state index in [1.807, 2.05) is 11.3 Å². The first-order valence-electron chi connectivity index (χ1n) is 10.4. The van der Waals surface area contributed by atoms with Crippen molar-refractivity contribution in [3.63, 3.8) is 0 Å².